The van der Waals surface area contributed by atoms with Gasteiger partial charge in [0.2, 0.25) is 11.8 Å². The number of methoxy groups -OCH3 is 1. The molecule has 3 atom stereocenters. The van der Waals surface area contributed by atoms with Crippen LogP contribution in [0.3, 0.4) is 0 Å². The van der Waals surface area contributed by atoms with Crippen LogP contribution in [0.25, 0.3) is 32.6 Å². The van der Waals surface area contributed by atoms with Crippen LogP contribution in [0, 0.1) is 0 Å². The lowest BCUT2D eigenvalue weighted by molar-refractivity contribution is 0.352. The van der Waals surface area contributed by atoms with Crippen molar-refractivity contribution in [1.82, 2.24) is 35.7 Å². The molecule has 1 aromatic carbocycles. The highest BCUT2D eigenvalue weighted by molar-refractivity contribution is 7.17. The number of hydrogen-bond acceptors (Lipinski definition) is 10. The summed E-state index contributed by atoms with van der Waals surface area (Å²) in [5.74, 6) is 1.15. The summed E-state index contributed by atoms with van der Waals surface area (Å²) < 4.78 is 6.26. The zero-order valence-electron chi connectivity index (χ0n) is 18.5. The molecule has 33 heavy (non-hydrogen) atoms. The molecule has 0 radical (unpaired) electrons. The molecule has 2 bridgehead atoms. The topological polar surface area (TPSA) is 102 Å². The number of nitrogens with zero attached hydrogens (tertiary/aromatic N) is 7. The Balaban J connectivity index is 1.30. The smallest absolute Gasteiger partial charge is 0.245 e. The van der Waals surface area contributed by atoms with Crippen LogP contribution in [0.2, 0.25) is 0 Å². The van der Waals surface area contributed by atoms with Crippen molar-refractivity contribution in [2.45, 2.75) is 43.8 Å². The largest absolute Gasteiger partial charge is 0.480 e. The molecular formula is C23H24N8OS. The van der Waals surface area contributed by atoms with Crippen LogP contribution >= 0.6 is 11.3 Å². The Hall–Kier alpha value is -3.24. The van der Waals surface area contributed by atoms with E-state index in [1.165, 1.54) is 12.8 Å². The van der Waals surface area contributed by atoms with Gasteiger partial charge < -0.3 is 15.0 Å². The van der Waals surface area contributed by atoms with Gasteiger partial charge in [-0.1, -0.05) is 12.1 Å². The molecule has 168 valence electrons. The monoisotopic (exact) mass is 460 g/mol. The summed E-state index contributed by atoms with van der Waals surface area (Å²) in [6.45, 7) is 0. The number of rotatable bonds is 5. The lowest BCUT2D eigenvalue weighted by Gasteiger charge is -2.35. The van der Waals surface area contributed by atoms with Gasteiger partial charge in [-0.25, -0.2) is 9.97 Å². The molecule has 2 fully saturated rings. The van der Waals surface area contributed by atoms with Crippen molar-refractivity contribution in [1.29, 1.82) is 0 Å². The highest BCUT2D eigenvalue weighted by Gasteiger charge is 2.35. The van der Waals surface area contributed by atoms with Crippen molar-refractivity contribution in [2.75, 3.05) is 19.1 Å². The van der Waals surface area contributed by atoms with E-state index in [0.717, 1.165) is 45.4 Å². The van der Waals surface area contributed by atoms with Gasteiger partial charge in [0.05, 0.1) is 35.2 Å². The molecule has 2 saturated heterocycles. The molecule has 1 N–H and O–H groups in total. The number of piperidine rings is 1. The number of ether oxygens (including phenoxy) is 1. The Morgan fingerprint density at radius 1 is 1.03 bits per heavy atom. The fourth-order valence-corrected chi connectivity index (χ4v) is 5.88. The summed E-state index contributed by atoms with van der Waals surface area (Å²) >= 11 is 1.58. The molecule has 5 heterocycles. The minimum Gasteiger partial charge on any atom is -0.480 e. The van der Waals surface area contributed by atoms with E-state index < -0.39 is 0 Å². The number of aromatic nitrogens is 6. The Morgan fingerprint density at radius 2 is 1.85 bits per heavy atom. The molecule has 1 unspecified atom stereocenters. The van der Waals surface area contributed by atoms with E-state index >= 15 is 0 Å². The Kier molecular flexibility index (Phi) is 5.11. The minimum atomic E-state index is 0.454. The number of benzene rings is 1. The Labute approximate surface area is 195 Å². The zero-order valence-corrected chi connectivity index (χ0v) is 19.3. The average molecular weight is 461 g/mol. The molecule has 2 aliphatic rings. The van der Waals surface area contributed by atoms with Crippen LogP contribution in [-0.2, 0) is 0 Å². The Morgan fingerprint density at radius 3 is 2.61 bits per heavy atom. The van der Waals surface area contributed by atoms with E-state index in [1.54, 1.807) is 24.6 Å². The van der Waals surface area contributed by atoms with Gasteiger partial charge in [-0.2, -0.15) is 5.10 Å². The van der Waals surface area contributed by atoms with E-state index in [1.807, 2.05) is 29.9 Å². The summed E-state index contributed by atoms with van der Waals surface area (Å²) in [4.78, 5) is 11.5. The summed E-state index contributed by atoms with van der Waals surface area (Å²) in [5, 5.41) is 20.7. The first-order chi connectivity index (χ1) is 16.2. The molecule has 0 aliphatic carbocycles. The molecule has 9 nitrogen and oxygen atoms in total. The highest BCUT2D eigenvalue weighted by atomic mass is 32.1. The number of hydrogen-bond donors (Lipinski definition) is 1. The third kappa shape index (κ3) is 3.68. The first-order valence-corrected chi connectivity index (χ1v) is 12.0. The van der Waals surface area contributed by atoms with E-state index in [2.05, 4.69) is 47.6 Å². The first-order valence-electron chi connectivity index (χ1n) is 11.1. The average Bonchev–Trinajstić information content (AvgIpc) is 3.49. The minimum absolute atomic E-state index is 0.454. The number of thiazole rings is 1. The third-order valence-corrected chi connectivity index (χ3v) is 7.63. The van der Waals surface area contributed by atoms with Crippen molar-refractivity contribution >= 4 is 27.5 Å². The number of anilines is 1. The van der Waals surface area contributed by atoms with Gasteiger partial charge in [0, 0.05) is 47.9 Å². The van der Waals surface area contributed by atoms with Gasteiger partial charge >= 0.3 is 0 Å². The van der Waals surface area contributed by atoms with Crippen molar-refractivity contribution in [2.24, 2.45) is 0 Å². The quantitative estimate of drug-likeness (QED) is 0.480. The lowest BCUT2D eigenvalue weighted by Crippen LogP contribution is -2.47. The van der Waals surface area contributed by atoms with E-state index in [-0.39, 0.29) is 0 Å². The molecule has 4 aromatic rings. The summed E-state index contributed by atoms with van der Waals surface area (Å²) in [6, 6.07) is 7.63. The van der Waals surface area contributed by atoms with Crippen molar-refractivity contribution in [3.05, 3.63) is 36.1 Å². The second-order valence-corrected chi connectivity index (χ2v) is 9.55. The van der Waals surface area contributed by atoms with Crippen LogP contribution < -0.4 is 15.0 Å². The summed E-state index contributed by atoms with van der Waals surface area (Å²) in [7, 11) is 3.66. The van der Waals surface area contributed by atoms with Gasteiger partial charge in [-0.15, -0.1) is 26.6 Å². The molecule has 6 rings (SSSR count). The second-order valence-electron chi connectivity index (χ2n) is 8.69. The fourth-order valence-electron chi connectivity index (χ4n) is 5.04. The predicted octanol–water partition coefficient (Wildman–Crippen LogP) is 3.33. The molecule has 0 amide bonds. The Bertz CT molecular complexity index is 1280. The van der Waals surface area contributed by atoms with Crippen molar-refractivity contribution in [3.8, 4) is 28.3 Å². The molecular weight excluding hydrogens is 436 g/mol. The zero-order chi connectivity index (χ0) is 22.4. The predicted molar refractivity (Wildman–Crippen MR) is 127 cm³/mol. The summed E-state index contributed by atoms with van der Waals surface area (Å²) in [5.41, 5.74) is 6.32. The van der Waals surface area contributed by atoms with E-state index in [0.29, 0.717) is 30.0 Å². The maximum Gasteiger partial charge on any atom is 0.245 e. The van der Waals surface area contributed by atoms with E-state index in [9.17, 15) is 0 Å². The maximum atomic E-state index is 5.23. The van der Waals surface area contributed by atoms with Crippen LogP contribution in [0.5, 0.6) is 5.88 Å². The standard InChI is InChI=1S/C23H24N8OS/c1-31(16-8-14-3-4-15(9-16)27-14)23-24-11-19(28-30-23)18-6-5-17(21-22(18)33-12-25-21)13-7-20(32-2)29-26-10-13/h5-7,10-12,14-16,27H,3-4,8-9H2,1-2H3/t14-,15+,16?. The summed E-state index contributed by atoms with van der Waals surface area (Å²) in [6.07, 6.45) is 8.35. The van der Waals surface area contributed by atoms with Crippen LogP contribution in [-0.4, -0.2) is 62.6 Å². The van der Waals surface area contributed by atoms with Crippen molar-refractivity contribution in [3.63, 3.8) is 0 Å². The second kappa shape index (κ2) is 8.27. The maximum absolute atomic E-state index is 5.23. The fraction of sp³-hybridized carbons (Fsp3) is 0.391. The number of fused-ring (bicyclic) bond motifs is 3. The van der Waals surface area contributed by atoms with Crippen LogP contribution in [0.4, 0.5) is 5.95 Å². The van der Waals surface area contributed by atoms with Crippen LogP contribution in [0.1, 0.15) is 25.7 Å². The molecule has 0 spiro atoms. The van der Waals surface area contributed by atoms with Gasteiger partial charge in [0.15, 0.2) is 0 Å². The van der Waals surface area contributed by atoms with Gasteiger partial charge in [0.1, 0.15) is 5.69 Å². The number of nitrogens with one attached hydrogen (secondary N) is 1. The highest BCUT2D eigenvalue weighted by Crippen LogP contribution is 2.37. The van der Waals surface area contributed by atoms with Crippen molar-refractivity contribution < 1.29 is 4.74 Å². The molecule has 0 saturated carbocycles. The lowest BCUT2D eigenvalue weighted by atomic mass is 9.99. The van der Waals surface area contributed by atoms with Gasteiger partial charge in [-0.05, 0) is 25.7 Å². The third-order valence-electron chi connectivity index (χ3n) is 6.77. The molecule has 2 aliphatic heterocycles. The normalized spacial score (nSPS) is 21.9. The first kappa shape index (κ1) is 20.4. The van der Waals surface area contributed by atoms with Crippen LogP contribution in [0.15, 0.2) is 36.1 Å². The molecule has 10 heteroatoms. The van der Waals surface area contributed by atoms with E-state index in [4.69, 9.17) is 4.74 Å². The van der Waals surface area contributed by atoms with Gasteiger partial charge in [-0.3, -0.25) is 0 Å². The SMILES string of the molecule is COc1cc(-c2ccc(-c3cnc(N(C)C4C[C@H]5CC[C@@H](C4)N5)nn3)c3scnc23)cnn1. The van der Waals surface area contributed by atoms with Gasteiger partial charge in [0.25, 0.3) is 0 Å². The molecule has 3 aromatic heterocycles.